The molecule has 2 nitrogen and oxygen atoms in total. The summed E-state index contributed by atoms with van der Waals surface area (Å²) in [6.07, 6.45) is 1.45. The van der Waals surface area contributed by atoms with Crippen molar-refractivity contribution >= 4 is 0 Å². The summed E-state index contributed by atoms with van der Waals surface area (Å²) in [7, 11) is 0. The molecule has 1 aliphatic heterocycles. The molecule has 0 spiro atoms. The van der Waals surface area contributed by atoms with Crippen LogP contribution in [-0.4, -0.2) is 17.3 Å². The zero-order valence-corrected chi connectivity index (χ0v) is 11.2. The van der Waals surface area contributed by atoms with Gasteiger partial charge in [-0.1, -0.05) is 12.1 Å². The molecule has 0 aromatic heterocycles. The largest absolute Gasteiger partial charge is 0.385 e. The number of aryl methyl sites for hydroxylation is 3. The van der Waals surface area contributed by atoms with Crippen LogP contribution in [0.15, 0.2) is 12.1 Å². The molecule has 2 heteroatoms. The van der Waals surface area contributed by atoms with Gasteiger partial charge in [0.25, 0.3) is 0 Å². The number of aliphatic hydroxyl groups excluding tert-OH is 1. The molecule has 2 unspecified atom stereocenters. The fraction of sp³-hybridized carbons (Fsp3) is 0.600. The SMILES string of the molecule is Cc1cc(C)c(C(O)C2(C)CCCO2)cc1C. The van der Waals surface area contributed by atoms with Crippen molar-refractivity contribution < 1.29 is 9.84 Å². The lowest BCUT2D eigenvalue weighted by Crippen LogP contribution is -2.32. The number of rotatable bonds is 2. The van der Waals surface area contributed by atoms with Gasteiger partial charge in [0.05, 0.1) is 5.60 Å². The molecule has 0 saturated carbocycles. The molecule has 0 radical (unpaired) electrons. The molecule has 0 amide bonds. The van der Waals surface area contributed by atoms with E-state index in [2.05, 4.69) is 32.9 Å². The van der Waals surface area contributed by atoms with Gasteiger partial charge in [0.1, 0.15) is 6.10 Å². The highest BCUT2D eigenvalue weighted by atomic mass is 16.5. The Kier molecular flexibility index (Phi) is 3.28. The summed E-state index contributed by atoms with van der Waals surface area (Å²) >= 11 is 0. The van der Waals surface area contributed by atoms with E-state index in [1.54, 1.807) is 0 Å². The van der Waals surface area contributed by atoms with Crippen LogP contribution in [0, 0.1) is 20.8 Å². The summed E-state index contributed by atoms with van der Waals surface area (Å²) in [5.41, 5.74) is 4.25. The third-order valence-corrected chi connectivity index (χ3v) is 4.00. The summed E-state index contributed by atoms with van der Waals surface area (Å²) in [6, 6.07) is 4.24. The van der Waals surface area contributed by atoms with Gasteiger partial charge in [-0.15, -0.1) is 0 Å². The fourth-order valence-electron chi connectivity index (χ4n) is 2.62. The van der Waals surface area contributed by atoms with Crippen LogP contribution in [0.25, 0.3) is 0 Å². The Balaban J connectivity index is 2.36. The van der Waals surface area contributed by atoms with E-state index in [9.17, 15) is 5.11 Å². The molecule has 1 aliphatic rings. The molecule has 94 valence electrons. The molecule has 1 fully saturated rings. The first kappa shape index (κ1) is 12.6. The van der Waals surface area contributed by atoms with Gasteiger partial charge in [0, 0.05) is 6.61 Å². The van der Waals surface area contributed by atoms with E-state index < -0.39 is 11.7 Å². The van der Waals surface area contributed by atoms with Crippen molar-refractivity contribution in [2.45, 2.75) is 52.2 Å². The van der Waals surface area contributed by atoms with E-state index >= 15 is 0 Å². The third-order valence-electron chi connectivity index (χ3n) is 4.00. The highest BCUT2D eigenvalue weighted by molar-refractivity contribution is 5.38. The highest BCUT2D eigenvalue weighted by Gasteiger charge is 2.38. The second-order valence-corrected chi connectivity index (χ2v) is 5.46. The van der Waals surface area contributed by atoms with E-state index in [0.717, 1.165) is 30.6 Å². The number of aliphatic hydroxyl groups is 1. The summed E-state index contributed by atoms with van der Waals surface area (Å²) in [4.78, 5) is 0. The number of hydrogen-bond donors (Lipinski definition) is 1. The lowest BCUT2D eigenvalue weighted by molar-refractivity contribution is -0.0798. The Labute approximate surface area is 104 Å². The Bertz CT molecular complexity index is 417. The standard InChI is InChI=1S/C15H22O2/c1-10-8-12(3)13(9-11(10)2)14(16)15(4)6-5-7-17-15/h8-9,14,16H,5-7H2,1-4H3. The number of ether oxygens (including phenoxy) is 1. The van der Waals surface area contributed by atoms with Crippen LogP contribution in [0.2, 0.25) is 0 Å². The smallest absolute Gasteiger partial charge is 0.108 e. The Morgan fingerprint density at radius 2 is 1.82 bits per heavy atom. The minimum atomic E-state index is -0.524. The topological polar surface area (TPSA) is 29.5 Å². The molecule has 1 heterocycles. The maximum Gasteiger partial charge on any atom is 0.108 e. The molecule has 2 rings (SSSR count). The summed E-state index contributed by atoms with van der Waals surface area (Å²) in [6.45, 7) is 9.02. The van der Waals surface area contributed by atoms with Crippen LogP contribution in [0.5, 0.6) is 0 Å². The zero-order valence-electron chi connectivity index (χ0n) is 11.2. The van der Waals surface area contributed by atoms with Gasteiger partial charge in [-0.05, 0) is 62.8 Å². The van der Waals surface area contributed by atoms with Gasteiger partial charge < -0.3 is 9.84 Å². The molecule has 1 aromatic carbocycles. The Morgan fingerprint density at radius 3 is 2.41 bits per heavy atom. The highest BCUT2D eigenvalue weighted by Crippen LogP contribution is 2.38. The van der Waals surface area contributed by atoms with Crippen LogP contribution in [-0.2, 0) is 4.74 Å². The predicted molar refractivity (Wildman–Crippen MR) is 69.2 cm³/mol. The summed E-state index contributed by atoms with van der Waals surface area (Å²) in [5, 5.41) is 10.6. The average Bonchev–Trinajstić information content (AvgIpc) is 2.71. The van der Waals surface area contributed by atoms with Crippen molar-refractivity contribution in [1.29, 1.82) is 0 Å². The number of benzene rings is 1. The van der Waals surface area contributed by atoms with Gasteiger partial charge in [0.2, 0.25) is 0 Å². The second kappa shape index (κ2) is 4.43. The minimum absolute atomic E-state index is 0.410. The molecular formula is C15H22O2. The molecule has 0 bridgehead atoms. The maximum absolute atomic E-state index is 10.6. The van der Waals surface area contributed by atoms with E-state index in [4.69, 9.17) is 4.74 Å². The Morgan fingerprint density at radius 1 is 1.18 bits per heavy atom. The van der Waals surface area contributed by atoms with Gasteiger partial charge in [-0.2, -0.15) is 0 Å². The fourth-order valence-corrected chi connectivity index (χ4v) is 2.62. The van der Waals surface area contributed by atoms with Crippen molar-refractivity contribution in [3.63, 3.8) is 0 Å². The summed E-state index contributed by atoms with van der Waals surface area (Å²) in [5.74, 6) is 0. The molecule has 1 aromatic rings. The van der Waals surface area contributed by atoms with E-state index in [1.165, 1.54) is 11.1 Å². The van der Waals surface area contributed by atoms with Crippen molar-refractivity contribution in [1.82, 2.24) is 0 Å². The van der Waals surface area contributed by atoms with Crippen LogP contribution < -0.4 is 0 Å². The zero-order chi connectivity index (χ0) is 12.6. The molecule has 2 atom stereocenters. The van der Waals surface area contributed by atoms with Crippen molar-refractivity contribution in [3.05, 3.63) is 34.4 Å². The first-order chi connectivity index (χ1) is 7.94. The van der Waals surface area contributed by atoms with Crippen LogP contribution in [0.3, 0.4) is 0 Å². The quantitative estimate of drug-likeness (QED) is 0.851. The van der Waals surface area contributed by atoms with Crippen LogP contribution in [0.1, 0.15) is 48.1 Å². The monoisotopic (exact) mass is 234 g/mol. The van der Waals surface area contributed by atoms with E-state index in [0.29, 0.717) is 0 Å². The molecular weight excluding hydrogens is 212 g/mol. The van der Waals surface area contributed by atoms with Gasteiger partial charge >= 0.3 is 0 Å². The lowest BCUT2D eigenvalue weighted by Gasteiger charge is -2.31. The third kappa shape index (κ3) is 2.24. The van der Waals surface area contributed by atoms with Gasteiger partial charge in [0.15, 0.2) is 0 Å². The second-order valence-electron chi connectivity index (χ2n) is 5.46. The van der Waals surface area contributed by atoms with Gasteiger partial charge in [-0.25, -0.2) is 0 Å². The van der Waals surface area contributed by atoms with E-state index in [-0.39, 0.29) is 0 Å². The normalized spacial score (nSPS) is 26.2. The predicted octanol–water partition coefficient (Wildman–Crippen LogP) is 3.21. The molecule has 0 aliphatic carbocycles. The molecule has 1 saturated heterocycles. The summed E-state index contributed by atoms with van der Waals surface area (Å²) < 4.78 is 5.73. The van der Waals surface area contributed by atoms with Crippen molar-refractivity contribution in [2.75, 3.05) is 6.61 Å². The first-order valence-electron chi connectivity index (χ1n) is 6.34. The van der Waals surface area contributed by atoms with Crippen molar-refractivity contribution in [3.8, 4) is 0 Å². The van der Waals surface area contributed by atoms with Gasteiger partial charge in [-0.3, -0.25) is 0 Å². The van der Waals surface area contributed by atoms with Crippen LogP contribution >= 0.6 is 0 Å². The molecule has 1 N–H and O–H groups in total. The molecule has 17 heavy (non-hydrogen) atoms. The van der Waals surface area contributed by atoms with Crippen molar-refractivity contribution in [2.24, 2.45) is 0 Å². The average molecular weight is 234 g/mol. The first-order valence-corrected chi connectivity index (χ1v) is 6.34. The Hall–Kier alpha value is -0.860. The van der Waals surface area contributed by atoms with Crippen LogP contribution in [0.4, 0.5) is 0 Å². The maximum atomic E-state index is 10.6. The lowest BCUT2D eigenvalue weighted by atomic mass is 9.86. The minimum Gasteiger partial charge on any atom is -0.385 e. The number of hydrogen-bond acceptors (Lipinski definition) is 2. The van der Waals surface area contributed by atoms with E-state index in [1.807, 2.05) is 6.92 Å².